The summed E-state index contributed by atoms with van der Waals surface area (Å²) in [4.78, 5) is 24.4. The van der Waals surface area contributed by atoms with E-state index in [2.05, 4.69) is 5.32 Å². The second kappa shape index (κ2) is 5.50. The van der Waals surface area contributed by atoms with E-state index in [4.69, 9.17) is 16.3 Å². The first-order valence-corrected chi connectivity index (χ1v) is 5.78. The van der Waals surface area contributed by atoms with Gasteiger partial charge in [-0.1, -0.05) is 13.8 Å². The predicted molar refractivity (Wildman–Crippen MR) is 60.1 cm³/mol. The van der Waals surface area contributed by atoms with Gasteiger partial charge in [0, 0.05) is 13.2 Å². The standard InChI is InChI=1S/C10H17ClN2O3/c1-4-16-9-7(11)8(14)12-10(15)13(9)5-6(2)3/h6-7,9H,4-5H2,1-3H3,(H,12,14,15)/t7-,9-/m0/s1. The highest BCUT2D eigenvalue weighted by atomic mass is 35.5. The molecular weight excluding hydrogens is 232 g/mol. The fourth-order valence-corrected chi connectivity index (χ4v) is 1.84. The van der Waals surface area contributed by atoms with Crippen LogP contribution in [0.15, 0.2) is 0 Å². The molecule has 0 saturated carbocycles. The number of alkyl halides is 1. The Balaban J connectivity index is 2.82. The summed E-state index contributed by atoms with van der Waals surface area (Å²) in [6.45, 7) is 6.68. The fraction of sp³-hybridized carbons (Fsp3) is 0.800. The van der Waals surface area contributed by atoms with Crippen molar-refractivity contribution in [1.82, 2.24) is 10.2 Å². The van der Waals surface area contributed by atoms with Gasteiger partial charge in [0.2, 0.25) is 0 Å². The molecular formula is C10H17ClN2O3. The summed E-state index contributed by atoms with van der Waals surface area (Å²) in [5.41, 5.74) is 0. The van der Waals surface area contributed by atoms with Gasteiger partial charge < -0.3 is 4.74 Å². The average molecular weight is 249 g/mol. The molecule has 1 fully saturated rings. The minimum Gasteiger partial charge on any atom is -0.356 e. The molecule has 0 radical (unpaired) electrons. The smallest absolute Gasteiger partial charge is 0.326 e. The Kier molecular flexibility index (Phi) is 4.56. The van der Waals surface area contributed by atoms with Crippen molar-refractivity contribution < 1.29 is 14.3 Å². The van der Waals surface area contributed by atoms with E-state index >= 15 is 0 Å². The van der Waals surface area contributed by atoms with E-state index in [1.807, 2.05) is 13.8 Å². The maximum atomic E-state index is 11.6. The molecule has 0 aromatic heterocycles. The number of amides is 3. The van der Waals surface area contributed by atoms with Crippen molar-refractivity contribution in [2.24, 2.45) is 5.92 Å². The SMILES string of the molecule is CCO[C@H]1[C@@H](Cl)C(=O)NC(=O)N1CC(C)C. The van der Waals surface area contributed by atoms with Gasteiger partial charge in [-0.3, -0.25) is 15.0 Å². The number of nitrogens with zero attached hydrogens (tertiary/aromatic N) is 1. The van der Waals surface area contributed by atoms with Gasteiger partial charge in [0.15, 0.2) is 11.6 Å². The first-order valence-electron chi connectivity index (χ1n) is 5.34. The first kappa shape index (κ1) is 13.3. The van der Waals surface area contributed by atoms with Crippen LogP contribution in [0.4, 0.5) is 4.79 Å². The summed E-state index contributed by atoms with van der Waals surface area (Å²) >= 11 is 5.92. The minimum atomic E-state index is -0.851. The summed E-state index contributed by atoms with van der Waals surface area (Å²) < 4.78 is 5.36. The quantitative estimate of drug-likeness (QED) is 0.760. The number of rotatable bonds is 4. The van der Waals surface area contributed by atoms with Crippen LogP contribution in [-0.2, 0) is 9.53 Å². The summed E-state index contributed by atoms with van der Waals surface area (Å²) in [7, 11) is 0. The zero-order valence-electron chi connectivity index (χ0n) is 9.70. The molecule has 0 aromatic rings. The Morgan fingerprint density at radius 2 is 2.12 bits per heavy atom. The number of ether oxygens (including phenoxy) is 1. The van der Waals surface area contributed by atoms with Gasteiger partial charge in [-0.15, -0.1) is 11.6 Å². The van der Waals surface area contributed by atoms with Gasteiger partial charge in [0.1, 0.15) is 0 Å². The number of imide groups is 1. The Hall–Kier alpha value is -0.810. The zero-order chi connectivity index (χ0) is 12.3. The lowest BCUT2D eigenvalue weighted by Crippen LogP contribution is -2.62. The van der Waals surface area contributed by atoms with Crippen LogP contribution in [0.1, 0.15) is 20.8 Å². The van der Waals surface area contributed by atoms with Crippen molar-refractivity contribution in [3.8, 4) is 0 Å². The molecule has 0 unspecified atom stereocenters. The number of hydrogen-bond donors (Lipinski definition) is 1. The highest BCUT2D eigenvalue weighted by Gasteiger charge is 2.40. The van der Waals surface area contributed by atoms with Crippen LogP contribution in [0, 0.1) is 5.92 Å². The lowest BCUT2D eigenvalue weighted by Gasteiger charge is -2.38. The van der Waals surface area contributed by atoms with E-state index in [9.17, 15) is 9.59 Å². The molecule has 1 aliphatic rings. The molecule has 2 atom stereocenters. The van der Waals surface area contributed by atoms with Gasteiger partial charge in [-0.05, 0) is 12.8 Å². The lowest BCUT2D eigenvalue weighted by atomic mass is 10.1. The third kappa shape index (κ3) is 2.86. The number of halogens is 1. The Morgan fingerprint density at radius 3 is 2.62 bits per heavy atom. The molecule has 1 aliphatic heterocycles. The summed E-state index contributed by atoms with van der Waals surface area (Å²) in [5.74, 6) is -0.212. The molecule has 1 N–H and O–H groups in total. The van der Waals surface area contributed by atoms with Gasteiger partial charge >= 0.3 is 6.03 Å². The number of urea groups is 1. The molecule has 92 valence electrons. The summed E-state index contributed by atoms with van der Waals surface area (Å²) in [6, 6.07) is -0.436. The van der Waals surface area contributed by atoms with Crippen molar-refractivity contribution >= 4 is 23.5 Å². The maximum absolute atomic E-state index is 11.6. The molecule has 1 heterocycles. The molecule has 16 heavy (non-hydrogen) atoms. The summed E-state index contributed by atoms with van der Waals surface area (Å²) in [6.07, 6.45) is -0.671. The topological polar surface area (TPSA) is 58.6 Å². The van der Waals surface area contributed by atoms with Gasteiger partial charge in [-0.2, -0.15) is 0 Å². The third-order valence-electron chi connectivity index (χ3n) is 2.20. The van der Waals surface area contributed by atoms with E-state index in [1.54, 1.807) is 6.92 Å². The van der Waals surface area contributed by atoms with Crippen molar-refractivity contribution in [3.05, 3.63) is 0 Å². The second-order valence-electron chi connectivity index (χ2n) is 4.09. The zero-order valence-corrected chi connectivity index (χ0v) is 10.5. The van der Waals surface area contributed by atoms with Crippen LogP contribution in [-0.4, -0.2) is 41.6 Å². The number of carbonyl (C=O) groups is 2. The molecule has 0 aromatic carbocycles. The van der Waals surface area contributed by atoms with Gasteiger partial charge in [0.25, 0.3) is 5.91 Å². The Bertz CT molecular complexity index is 283. The van der Waals surface area contributed by atoms with Crippen molar-refractivity contribution in [3.63, 3.8) is 0 Å². The molecule has 0 spiro atoms. The average Bonchev–Trinajstić information content (AvgIpc) is 2.19. The predicted octanol–water partition coefficient (Wildman–Crippen LogP) is 1.16. The fourth-order valence-electron chi connectivity index (χ4n) is 1.57. The molecule has 0 aliphatic carbocycles. The van der Waals surface area contributed by atoms with Gasteiger partial charge in [-0.25, -0.2) is 4.79 Å². The number of hydrogen-bond acceptors (Lipinski definition) is 3. The Labute approximate surface area is 100 Å². The van der Waals surface area contributed by atoms with Crippen molar-refractivity contribution in [2.75, 3.05) is 13.2 Å². The van der Waals surface area contributed by atoms with E-state index in [1.165, 1.54) is 4.90 Å². The Morgan fingerprint density at radius 1 is 1.50 bits per heavy atom. The molecule has 1 saturated heterocycles. The van der Waals surface area contributed by atoms with Crippen LogP contribution >= 0.6 is 11.6 Å². The largest absolute Gasteiger partial charge is 0.356 e. The molecule has 6 heteroatoms. The first-order chi connectivity index (χ1) is 7.47. The van der Waals surface area contributed by atoms with E-state index < -0.39 is 23.5 Å². The van der Waals surface area contributed by atoms with Crippen LogP contribution in [0.25, 0.3) is 0 Å². The maximum Gasteiger partial charge on any atom is 0.326 e. The van der Waals surface area contributed by atoms with Crippen molar-refractivity contribution in [2.45, 2.75) is 32.4 Å². The van der Waals surface area contributed by atoms with Crippen LogP contribution in [0.5, 0.6) is 0 Å². The van der Waals surface area contributed by atoms with E-state index in [0.717, 1.165) is 0 Å². The second-order valence-corrected chi connectivity index (χ2v) is 4.56. The molecule has 5 nitrogen and oxygen atoms in total. The molecule has 0 bridgehead atoms. The highest BCUT2D eigenvalue weighted by Crippen LogP contribution is 2.19. The van der Waals surface area contributed by atoms with Crippen LogP contribution in [0.3, 0.4) is 0 Å². The lowest BCUT2D eigenvalue weighted by molar-refractivity contribution is -0.130. The summed E-state index contributed by atoms with van der Waals surface area (Å²) in [5, 5.41) is 1.36. The normalized spacial score (nSPS) is 26.2. The van der Waals surface area contributed by atoms with E-state index in [-0.39, 0.29) is 5.92 Å². The van der Waals surface area contributed by atoms with Crippen LogP contribution < -0.4 is 5.32 Å². The van der Waals surface area contributed by atoms with E-state index in [0.29, 0.717) is 13.2 Å². The highest BCUT2D eigenvalue weighted by molar-refractivity contribution is 6.33. The monoisotopic (exact) mass is 248 g/mol. The van der Waals surface area contributed by atoms with Gasteiger partial charge in [0.05, 0.1) is 0 Å². The van der Waals surface area contributed by atoms with Crippen molar-refractivity contribution in [1.29, 1.82) is 0 Å². The third-order valence-corrected chi connectivity index (χ3v) is 2.61. The minimum absolute atomic E-state index is 0.283. The van der Waals surface area contributed by atoms with Crippen LogP contribution in [0.2, 0.25) is 0 Å². The number of nitrogens with one attached hydrogen (secondary N) is 1. The molecule has 3 amide bonds. The number of carbonyl (C=O) groups excluding carboxylic acids is 2. The molecule has 1 rings (SSSR count).